The summed E-state index contributed by atoms with van der Waals surface area (Å²) in [7, 11) is 3.32. The van der Waals surface area contributed by atoms with Crippen molar-refractivity contribution in [3.63, 3.8) is 0 Å². The molecule has 1 aromatic carbocycles. The summed E-state index contributed by atoms with van der Waals surface area (Å²) < 4.78 is 10.5. The molecule has 2 rings (SSSR count). The number of aromatic nitrogens is 1. The van der Waals surface area contributed by atoms with Gasteiger partial charge in [-0.25, -0.2) is 0 Å². The second-order valence-corrected chi connectivity index (χ2v) is 4.10. The summed E-state index contributed by atoms with van der Waals surface area (Å²) in [6.45, 7) is 0.827. The Labute approximate surface area is 113 Å². The largest absolute Gasteiger partial charge is 0.497 e. The lowest BCUT2D eigenvalue weighted by molar-refractivity contribution is 0.404. The summed E-state index contributed by atoms with van der Waals surface area (Å²) in [4.78, 5) is 4.00. The molecule has 0 saturated carbocycles. The molecule has 19 heavy (non-hydrogen) atoms. The van der Waals surface area contributed by atoms with Crippen LogP contribution < -0.4 is 14.8 Å². The van der Waals surface area contributed by atoms with E-state index < -0.39 is 0 Å². The Hall–Kier alpha value is -2.23. The van der Waals surface area contributed by atoms with Gasteiger partial charge in [-0.15, -0.1) is 0 Å². The van der Waals surface area contributed by atoms with E-state index in [4.69, 9.17) is 9.47 Å². The first-order valence-electron chi connectivity index (χ1n) is 6.18. The third-order valence-corrected chi connectivity index (χ3v) is 2.89. The average Bonchev–Trinajstić information content (AvgIpc) is 2.48. The fourth-order valence-electron chi connectivity index (χ4n) is 1.84. The molecule has 0 spiro atoms. The molecule has 4 nitrogen and oxygen atoms in total. The second kappa shape index (κ2) is 6.64. The van der Waals surface area contributed by atoms with Crippen molar-refractivity contribution < 1.29 is 9.47 Å². The smallest absolute Gasteiger partial charge is 0.142 e. The molecule has 0 bridgehead atoms. The predicted octanol–water partition coefficient (Wildman–Crippen LogP) is 2.75. The lowest BCUT2D eigenvalue weighted by Gasteiger charge is -2.12. The van der Waals surface area contributed by atoms with Gasteiger partial charge in [0.1, 0.15) is 11.5 Å². The Morgan fingerprint density at radius 1 is 1.05 bits per heavy atom. The third kappa shape index (κ3) is 3.61. The van der Waals surface area contributed by atoms with Gasteiger partial charge in [-0.3, -0.25) is 4.98 Å². The van der Waals surface area contributed by atoms with E-state index in [0.717, 1.165) is 30.2 Å². The Morgan fingerprint density at radius 2 is 1.84 bits per heavy atom. The molecule has 2 aromatic rings. The number of hydrogen-bond acceptors (Lipinski definition) is 4. The molecular weight excluding hydrogens is 240 g/mol. The first-order valence-corrected chi connectivity index (χ1v) is 6.18. The first-order chi connectivity index (χ1) is 9.33. The Morgan fingerprint density at radius 3 is 2.53 bits per heavy atom. The van der Waals surface area contributed by atoms with Crippen molar-refractivity contribution in [2.75, 3.05) is 26.1 Å². The third-order valence-electron chi connectivity index (χ3n) is 2.89. The number of nitrogens with one attached hydrogen (secondary N) is 1. The summed E-state index contributed by atoms with van der Waals surface area (Å²) in [5, 5.41) is 3.36. The van der Waals surface area contributed by atoms with Crippen LogP contribution in [0, 0.1) is 0 Å². The maximum atomic E-state index is 5.32. The Balaban J connectivity index is 1.98. The highest BCUT2D eigenvalue weighted by atomic mass is 16.5. The minimum Gasteiger partial charge on any atom is -0.497 e. The standard InChI is InChI=1S/C15H18N2O2/c1-18-13-3-4-15(19-2)14(11-13)17-10-7-12-5-8-16-9-6-12/h3-6,8-9,11,17H,7,10H2,1-2H3. The molecule has 0 aliphatic carbocycles. The monoisotopic (exact) mass is 258 g/mol. The number of pyridine rings is 1. The van der Waals surface area contributed by atoms with Gasteiger partial charge in [0, 0.05) is 25.0 Å². The Bertz CT molecular complexity index is 515. The van der Waals surface area contributed by atoms with Crippen molar-refractivity contribution >= 4 is 5.69 Å². The highest BCUT2D eigenvalue weighted by molar-refractivity contribution is 5.59. The van der Waals surface area contributed by atoms with Crippen LogP contribution in [-0.4, -0.2) is 25.7 Å². The molecule has 0 atom stereocenters. The highest BCUT2D eigenvalue weighted by Gasteiger charge is 2.04. The number of methoxy groups -OCH3 is 2. The second-order valence-electron chi connectivity index (χ2n) is 4.10. The van der Waals surface area contributed by atoms with Crippen molar-refractivity contribution in [1.29, 1.82) is 0 Å². The average molecular weight is 258 g/mol. The molecule has 1 N–H and O–H groups in total. The van der Waals surface area contributed by atoms with Crippen molar-refractivity contribution in [3.05, 3.63) is 48.3 Å². The van der Waals surface area contributed by atoms with Crippen LogP contribution in [0.15, 0.2) is 42.7 Å². The van der Waals surface area contributed by atoms with Crippen molar-refractivity contribution in [2.24, 2.45) is 0 Å². The van der Waals surface area contributed by atoms with E-state index in [1.807, 2.05) is 42.7 Å². The highest BCUT2D eigenvalue weighted by Crippen LogP contribution is 2.28. The predicted molar refractivity (Wildman–Crippen MR) is 76.0 cm³/mol. The lowest BCUT2D eigenvalue weighted by Crippen LogP contribution is -2.06. The van der Waals surface area contributed by atoms with E-state index in [0.29, 0.717) is 0 Å². The molecule has 0 saturated heterocycles. The van der Waals surface area contributed by atoms with E-state index in [-0.39, 0.29) is 0 Å². The van der Waals surface area contributed by atoms with Crippen LogP contribution in [0.5, 0.6) is 11.5 Å². The van der Waals surface area contributed by atoms with E-state index >= 15 is 0 Å². The number of ether oxygens (including phenoxy) is 2. The van der Waals surface area contributed by atoms with Gasteiger partial charge in [-0.1, -0.05) is 0 Å². The molecule has 0 aliphatic rings. The molecule has 0 unspecified atom stereocenters. The molecule has 100 valence electrons. The van der Waals surface area contributed by atoms with Gasteiger partial charge in [0.25, 0.3) is 0 Å². The quantitative estimate of drug-likeness (QED) is 0.865. The number of hydrogen-bond donors (Lipinski definition) is 1. The van der Waals surface area contributed by atoms with Crippen LogP contribution in [0.3, 0.4) is 0 Å². The van der Waals surface area contributed by atoms with Crippen molar-refractivity contribution in [2.45, 2.75) is 6.42 Å². The fourth-order valence-corrected chi connectivity index (χ4v) is 1.84. The normalized spacial score (nSPS) is 10.0. The van der Waals surface area contributed by atoms with E-state index in [1.165, 1.54) is 5.56 Å². The number of rotatable bonds is 6. The summed E-state index contributed by atoms with van der Waals surface area (Å²) >= 11 is 0. The van der Waals surface area contributed by atoms with Crippen LogP contribution in [-0.2, 0) is 6.42 Å². The number of benzene rings is 1. The van der Waals surface area contributed by atoms with Gasteiger partial charge in [-0.2, -0.15) is 0 Å². The lowest BCUT2D eigenvalue weighted by atomic mass is 10.2. The SMILES string of the molecule is COc1ccc(OC)c(NCCc2ccncc2)c1. The van der Waals surface area contributed by atoms with Gasteiger partial charge in [0.2, 0.25) is 0 Å². The van der Waals surface area contributed by atoms with E-state index in [1.54, 1.807) is 14.2 Å². The van der Waals surface area contributed by atoms with Gasteiger partial charge >= 0.3 is 0 Å². The molecule has 1 aromatic heterocycles. The van der Waals surface area contributed by atoms with Crippen molar-refractivity contribution in [3.8, 4) is 11.5 Å². The topological polar surface area (TPSA) is 43.4 Å². The molecule has 0 radical (unpaired) electrons. The number of anilines is 1. The maximum Gasteiger partial charge on any atom is 0.142 e. The maximum absolute atomic E-state index is 5.32. The summed E-state index contributed by atoms with van der Waals surface area (Å²) in [6, 6.07) is 9.75. The summed E-state index contributed by atoms with van der Waals surface area (Å²) in [5.74, 6) is 1.63. The molecular formula is C15H18N2O2. The van der Waals surface area contributed by atoms with Crippen molar-refractivity contribution in [1.82, 2.24) is 4.98 Å². The van der Waals surface area contributed by atoms with Crippen LogP contribution in [0.2, 0.25) is 0 Å². The summed E-state index contributed by atoms with van der Waals surface area (Å²) in [6.07, 6.45) is 4.55. The molecule has 1 heterocycles. The minimum atomic E-state index is 0.812. The Kier molecular flexibility index (Phi) is 4.61. The van der Waals surface area contributed by atoms with Crippen LogP contribution in [0.25, 0.3) is 0 Å². The number of nitrogens with zero attached hydrogens (tertiary/aromatic N) is 1. The van der Waals surface area contributed by atoms with Gasteiger partial charge in [-0.05, 0) is 36.2 Å². The molecule has 4 heteroatoms. The molecule has 0 fully saturated rings. The van der Waals surface area contributed by atoms with Gasteiger partial charge in [0.05, 0.1) is 19.9 Å². The fraction of sp³-hybridized carbons (Fsp3) is 0.267. The molecule has 0 amide bonds. The van der Waals surface area contributed by atoms with Crippen LogP contribution in [0.1, 0.15) is 5.56 Å². The minimum absolute atomic E-state index is 0.812. The zero-order valence-corrected chi connectivity index (χ0v) is 11.2. The first kappa shape index (κ1) is 13.2. The summed E-state index contributed by atoms with van der Waals surface area (Å²) in [5.41, 5.74) is 2.19. The zero-order valence-electron chi connectivity index (χ0n) is 11.2. The molecule has 0 aliphatic heterocycles. The van der Waals surface area contributed by atoms with E-state index in [2.05, 4.69) is 10.3 Å². The van der Waals surface area contributed by atoms with Crippen LogP contribution >= 0.6 is 0 Å². The van der Waals surface area contributed by atoms with Gasteiger partial charge in [0.15, 0.2) is 0 Å². The van der Waals surface area contributed by atoms with Crippen LogP contribution in [0.4, 0.5) is 5.69 Å². The van der Waals surface area contributed by atoms with E-state index in [9.17, 15) is 0 Å². The zero-order chi connectivity index (χ0) is 13.5. The van der Waals surface area contributed by atoms with Gasteiger partial charge < -0.3 is 14.8 Å².